The van der Waals surface area contributed by atoms with Crippen molar-refractivity contribution in [3.8, 4) is 0 Å². The Bertz CT molecular complexity index is 913. The Labute approximate surface area is 139 Å². The molecule has 0 radical (unpaired) electrons. The number of rotatable bonds is 3. The van der Waals surface area contributed by atoms with Gasteiger partial charge in [0, 0.05) is 49.4 Å². The third kappa shape index (κ3) is 2.40. The summed E-state index contributed by atoms with van der Waals surface area (Å²) in [5, 5.41) is 0.864. The number of pyridine rings is 1. The molecule has 1 aliphatic carbocycles. The molecule has 1 aromatic carbocycles. The quantitative estimate of drug-likeness (QED) is 0.740. The van der Waals surface area contributed by atoms with Gasteiger partial charge in [-0.15, -0.1) is 0 Å². The molecule has 1 saturated carbocycles. The predicted molar refractivity (Wildman–Crippen MR) is 90.0 cm³/mol. The number of hydrogen-bond acceptors (Lipinski definition) is 3. The summed E-state index contributed by atoms with van der Waals surface area (Å²) >= 11 is 0. The molecule has 24 heavy (non-hydrogen) atoms. The summed E-state index contributed by atoms with van der Waals surface area (Å²) in [6, 6.07) is 7.62. The van der Waals surface area contributed by atoms with Crippen LogP contribution in [0.1, 0.15) is 35.8 Å². The van der Waals surface area contributed by atoms with Gasteiger partial charge in [-0.25, -0.2) is 9.37 Å². The highest BCUT2D eigenvalue weighted by atomic mass is 19.1. The van der Waals surface area contributed by atoms with Crippen molar-refractivity contribution < 1.29 is 4.39 Å². The number of benzene rings is 1. The van der Waals surface area contributed by atoms with E-state index in [9.17, 15) is 4.39 Å². The molecule has 5 heteroatoms. The molecule has 4 nitrogen and oxygen atoms in total. The van der Waals surface area contributed by atoms with Crippen LogP contribution in [0.4, 0.5) is 4.39 Å². The number of imidazole rings is 1. The number of aromatic nitrogens is 3. The number of halogens is 1. The van der Waals surface area contributed by atoms with Crippen molar-refractivity contribution in [2.45, 2.75) is 38.4 Å². The Balaban J connectivity index is 1.42. The van der Waals surface area contributed by atoms with E-state index in [0.717, 1.165) is 36.0 Å². The molecular formula is C19H19FN4. The molecule has 0 saturated heterocycles. The second kappa shape index (κ2) is 5.38. The van der Waals surface area contributed by atoms with Gasteiger partial charge >= 0.3 is 0 Å². The van der Waals surface area contributed by atoms with E-state index in [0.29, 0.717) is 12.6 Å². The van der Waals surface area contributed by atoms with Gasteiger partial charge in [0.05, 0.1) is 17.5 Å². The Morgan fingerprint density at radius 3 is 3.00 bits per heavy atom. The number of fused-ring (bicyclic) bond motifs is 2. The lowest BCUT2D eigenvalue weighted by Crippen LogP contribution is -2.31. The molecule has 0 spiro atoms. The SMILES string of the molecule is Fc1cc(CN2CCc3c(ncn3C3CC3)C2)c2ncccc2c1. The van der Waals surface area contributed by atoms with E-state index in [1.54, 1.807) is 18.3 Å². The zero-order valence-electron chi connectivity index (χ0n) is 13.5. The van der Waals surface area contributed by atoms with E-state index < -0.39 is 0 Å². The average molecular weight is 322 g/mol. The van der Waals surface area contributed by atoms with Gasteiger partial charge in [-0.3, -0.25) is 9.88 Å². The highest BCUT2D eigenvalue weighted by molar-refractivity contribution is 5.81. The van der Waals surface area contributed by atoms with Crippen LogP contribution in [0.15, 0.2) is 36.8 Å². The van der Waals surface area contributed by atoms with Crippen molar-refractivity contribution in [2.24, 2.45) is 0 Å². The van der Waals surface area contributed by atoms with Crippen LogP contribution in [0.25, 0.3) is 10.9 Å². The van der Waals surface area contributed by atoms with Crippen molar-refractivity contribution in [2.75, 3.05) is 6.54 Å². The van der Waals surface area contributed by atoms with Crippen LogP contribution in [-0.4, -0.2) is 26.0 Å². The number of nitrogens with zero attached hydrogens (tertiary/aromatic N) is 4. The monoisotopic (exact) mass is 322 g/mol. The molecule has 3 heterocycles. The molecule has 1 fully saturated rings. The van der Waals surface area contributed by atoms with E-state index in [-0.39, 0.29) is 5.82 Å². The molecule has 122 valence electrons. The second-order valence-electron chi connectivity index (χ2n) is 6.88. The van der Waals surface area contributed by atoms with E-state index in [1.165, 1.54) is 24.2 Å². The molecule has 5 rings (SSSR count). The van der Waals surface area contributed by atoms with Gasteiger partial charge in [0.1, 0.15) is 5.82 Å². The van der Waals surface area contributed by atoms with Gasteiger partial charge in [-0.2, -0.15) is 0 Å². The molecule has 1 aliphatic heterocycles. The molecule has 3 aromatic rings. The minimum atomic E-state index is -0.193. The lowest BCUT2D eigenvalue weighted by molar-refractivity contribution is 0.240. The van der Waals surface area contributed by atoms with Crippen LogP contribution < -0.4 is 0 Å². The van der Waals surface area contributed by atoms with Crippen LogP contribution in [0.3, 0.4) is 0 Å². The highest BCUT2D eigenvalue weighted by Gasteiger charge is 2.29. The fourth-order valence-electron chi connectivity index (χ4n) is 3.78. The summed E-state index contributed by atoms with van der Waals surface area (Å²) in [4.78, 5) is 11.4. The molecule has 0 N–H and O–H groups in total. The van der Waals surface area contributed by atoms with Gasteiger partial charge in [-0.05, 0) is 36.6 Å². The van der Waals surface area contributed by atoms with E-state index in [4.69, 9.17) is 0 Å². The van der Waals surface area contributed by atoms with Crippen LogP contribution in [0, 0.1) is 5.82 Å². The van der Waals surface area contributed by atoms with Crippen LogP contribution in [0.5, 0.6) is 0 Å². The summed E-state index contributed by atoms with van der Waals surface area (Å²) < 4.78 is 16.3. The minimum Gasteiger partial charge on any atom is -0.331 e. The van der Waals surface area contributed by atoms with Crippen molar-refractivity contribution in [3.63, 3.8) is 0 Å². The summed E-state index contributed by atoms with van der Waals surface area (Å²) in [6.07, 6.45) is 7.37. The molecule has 2 aliphatic rings. The molecule has 0 bridgehead atoms. The van der Waals surface area contributed by atoms with Crippen molar-refractivity contribution in [1.82, 2.24) is 19.4 Å². The first kappa shape index (κ1) is 14.1. The van der Waals surface area contributed by atoms with Crippen molar-refractivity contribution in [1.29, 1.82) is 0 Å². The molecule has 0 atom stereocenters. The molecule has 0 unspecified atom stereocenters. The van der Waals surface area contributed by atoms with Gasteiger partial charge in [0.25, 0.3) is 0 Å². The normalized spacial score (nSPS) is 18.0. The minimum absolute atomic E-state index is 0.193. The van der Waals surface area contributed by atoms with Gasteiger partial charge in [0.2, 0.25) is 0 Å². The van der Waals surface area contributed by atoms with E-state index in [2.05, 4.69) is 19.4 Å². The third-order valence-electron chi connectivity index (χ3n) is 5.10. The summed E-state index contributed by atoms with van der Waals surface area (Å²) in [5.41, 5.74) is 4.43. The molecule has 0 amide bonds. The lowest BCUT2D eigenvalue weighted by Gasteiger charge is -2.27. The third-order valence-corrected chi connectivity index (χ3v) is 5.10. The Hall–Kier alpha value is -2.27. The number of hydrogen-bond donors (Lipinski definition) is 0. The fraction of sp³-hybridized carbons (Fsp3) is 0.368. The standard InChI is InChI=1S/C19H19FN4/c20-15-8-13-2-1-6-21-19(13)14(9-15)10-23-7-5-18-17(11-23)22-12-24(18)16-3-4-16/h1-2,6,8-9,12,16H,3-5,7,10-11H2. The predicted octanol–water partition coefficient (Wildman–Crippen LogP) is 3.46. The Morgan fingerprint density at radius 1 is 1.21 bits per heavy atom. The largest absolute Gasteiger partial charge is 0.331 e. The van der Waals surface area contributed by atoms with Gasteiger partial charge in [-0.1, -0.05) is 6.07 Å². The van der Waals surface area contributed by atoms with Crippen LogP contribution in [0.2, 0.25) is 0 Å². The smallest absolute Gasteiger partial charge is 0.124 e. The van der Waals surface area contributed by atoms with Crippen LogP contribution in [-0.2, 0) is 19.5 Å². The first-order valence-electron chi connectivity index (χ1n) is 8.58. The highest BCUT2D eigenvalue weighted by Crippen LogP contribution is 2.37. The maximum absolute atomic E-state index is 13.9. The van der Waals surface area contributed by atoms with E-state index in [1.807, 2.05) is 18.5 Å². The maximum Gasteiger partial charge on any atom is 0.124 e. The van der Waals surface area contributed by atoms with Gasteiger partial charge in [0.15, 0.2) is 0 Å². The maximum atomic E-state index is 13.9. The van der Waals surface area contributed by atoms with Crippen molar-refractivity contribution >= 4 is 10.9 Å². The topological polar surface area (TPSA) is 34.0 Å². The molecular weight excluding hydrogens is 303 g/mol. The Kier molecular flexibility index (Phi) is 3.16. The zero-order valence-corrected chi connectivity index (χ0v) is 13.5. The van der Waals surface area contributed by atoms with Gasteiger partial charge < -0.3 is 4.57 Å². The average Bonchev–Trinajstić information content (AvgIpc) is 3.34. The first-order valence-corrected chi connectivity index (χ1v) is 8.58. The zero-order chi connectivity index (χ0) is 16.1. The van der Waals surface area contributed by atoms with Crippen molar-refractivity contribution in [3.05, 3.63) is 59.6 Å². The molecule has 2 aromatic heterocycles. The fourth-order valence-corrected chi connectivity index (χ4v) is 3.78. The summed E-state index contributed by atoms with van der Waals surface area (Å²) in [5.74, 6) is -0.193. The first-order chi connectivity index (χ1) is 11.8. The summed E-state index contributed by atoms with van der Waals surface area (Å²) in [6.45, 7) is 2.52. The van der Waals surface area contributed by atoms with Crippen LogP contribution >= 0.6 is 0 Å². The Morgan fingerprint density at radius 2 is 2.12 bits per heavy atom. The summed E-state index contributed by atoms with van der Waals surface area (Å²) in [7, 11) is 0. The second-order valence-corrected chi connectivity index (χ2v) is 6.88. The van der Waals surface area contributed by atoms with E-state index >= 15 is 0 Å². The lowest BCUT2D eigenvalue weighted by atomic mass is 10.1.